The van der Waals surface area contributed by atoms with Gasteiger partial charge < -0.3 is 20.5 Å². The normalized spacial score (nSPS) is 10.4. The zero-order valence-corrected chi connectivity index (χ0v) is 17.2. The second-order valence-electron chi connectivity index (χ2n) is 6.90. The summed E-state index contributed by atoms with van der Waals surface area (Å²) in [5, 5.41) is 11.8. The predicted molar refractivity (Wildman–Crippen MR) is 116 cm³/mol. The Hall–Kier alpha value is -3.94. The van der Waals surface area contributed by atoms with E-state index in [-0.39, 0.29) is 30.6 Å². The molecule has 2 aromatic carbocycles. The minimum atomic E-state index is -0.498. The number of rotatable bonds is 9. The summed E-state index contributed by atoms with van der Waals surface area (Å²) in [5.74, 6) is -0.418. The molecule has 0 bridgehead atoms. The fourth-order valence-corrected chi connectivity index (χ4v) is 2.84. The third kappa shape index (κ3) is 6.53. The average molecular weight is 420 g/mol. The van der Waals surface area contributed by atoms with E-state index in [4.69, 9.17) is 4.52 Å². The number of nitrogens with zero attached hydrogens (tertiary/aromatic N) is 1. The van der Waals surface area contributed by atoms with E-state index in [9.17, 15) is 14.4 Å². The fraction of sp³-hybridized carbons (Fsp3) is 0.217. The largest absolute Gasteiger partial charge is 0.355 e. The molecule has 0 aliphatic heterocycles. The van der Waals surface area contributed by atoms with E-state index in [1.165, 1.54) is 6.07 Å². The number of carbonyl (C=O) groups excluding carboxylic acids is 3. The van der Waals surface area contributed by atoms with Gasteiger partial charge in [-0.25, -0.2) is 0 Å². The van der Waals surface area contributed by atoms with Gasteiger partial charge in [-0.3, -0.25) is 14.4 Å². The van der Waals surface area contributed by atoms with Gasteiger partial charge in [-0.05, 0) is 24.1 Å². The molecule has 31 heavy (non-hydrogen) atoms. The van der Waals surface area contributed by atoms with E-state index in [1.54, 1.807) is 18.2 Å². The van der Waals surface area contributed by atoms with Crippen LogP contribution >= 0.6 is 0 Å². The Balaban J connectivity index is 1.46. The Kier molecular flexibility index (Phi) is 7.53. The fourth-order valence-electron chi connectivity index (χ4n) is 2.84. The molecule has 3 aromatic rings. The third-order valence-electron chi connectivity index (χ3n) is 4.39. The quantitative estimate of drug-likeness (QED) is 0.492. The summed E-state index contributed by atoms with van der Waals surface area (Å²) < 4.78 is 5.20. The van der Waals surface area contributed by atoms with Gasteiger partial charge in [-0.1, -0.05) is 54.5 Å². The third-order valence-corrected chi connectivity index (χ3v) is 4.39. The summed E-state index contributed by atoms with van der Waals surface area (Å²) in [6.45, 7) is 2.02. The van der Waals surface area contributed by atoms with Crippen molar-refractivity contribution >= 4 is 23.4 Å². The van der Waals surface area contributed by atoms with Crippen molar-refractivity contribution in [3.8, 4) is 11.3 Å². The number of amides is 3. The minimum absolute atomic E-state index is 0.0466. The number of aromatic nitrogens is 1. The molecule has 3 amide bonds. The van der Waals surface area contributed by atoms with Crippen LogP contribution in [0.1, 0.15) is 35.8 Å². The molecule has 0 atom stereocenters. The smallest absolute Gasteiger partial charge is 0.273 e. The highest BCUT2D eigenvalue weighted by atomic mass is 16.5. The number of nitrogens with one attached hydrogen (secondary N) is 3. The van der Waals surface area contributed by atoms with E-state index < -0.39 is 5.91 Å². The standard InChI is InChI=1S/C23H24N4O4/c1-2-7-21(28)26-18-11-6-8-16(12-18)14-24-22(29)15-25-23(30)19-13-20(31-27-19)17-9-4-3-5-10-17/h3-6,8-13H,2,7,14-15H2,1H3,(H,24,29)(H,25,30)(H,26,28). The molecule has 0 unspecified atom stereocenters. The molecule has 0 radical (unpaired) electrons. The second-order valence-corrected chi connectivity index (χ2v) is 6.90. The van der Waals surface area contributed by atoms with Crippen LogP contribution in [0.2, 0.25) is 0 Å². The van der Waals surface area contributed by atoms with Crippen LogP contribution in [-0.2, 0) is 16.1 Å². The lowest BCUT2D eigenvalue weighted by Crippen LogP contribution is -2.36. The molecular weight excluding hydrogens is 396 g/mol. The van der Waals surface area contributed by atoms with Crippen LogP contribution < -0.4 is 16.0 Å². The van der Waals surface area contributed by atoms with Crippen LogP contribution in [0.3, 0.4) is 0 Å². The van der Waals surface area contributed by atoms with Crippen LogP contribution in [0.4, 0.5) is 5.69 Å². The molecule has 0 saturated carbocycles. The Bertz CT molecular complexity index is 1050. The van der Waals surface area contributed by atoms with Crippen molar-refractivity contribution in [3.05, 3.63) is 71.9 Å². The van der Waals surface area contributed by atoms with Crippen LogP contribution in [0.15, 0.2) is 65.2 Å². The second kappa shape index (κ2) is 10.7. The lowest BCUT2D eigenvalue weighted by molar-refractivity contribution is -0.120. The van der Waals surface area contributed by atoms with Crippen molar-refractivity contribution in [2.75, 3.05) is 11.9 Å². The highest BCUT2D eigenvalue weighted by Crippen LogP contribution is 2.19. The molecule has 3 rings (SSSR count). The molecule has 8 heteroatoms. The van der Waals surface area contributed by atoms with E-state index in [1.807, 2.05) is 43.3 Å². The predicted octanol–water partition coefficient (Wildman–Crippen LogP) is 3.13. The lowest BCUT2D eigenvalue weighted by atomic mass is 10.1. The first-order valence-corrected chi connectivity index (χ1v) is 10.0. The molecule has 160 valence electrons. The maximum atomic E-state index is 12.2. The summed E-state index contributed by atoms with van der Waals surface area (Å²) >= 11 is 0. The number of carbonyl (C=O) groups is 3. The van der Waals surface area contributed by atoms with E-state index in [0.717, 1.165) is 17.5 Å². The van der Waals surface area contributed by atoms with Gasteiger partial charge in [-0.2, -0.15) is 0 Å². The Labute approximate surface area is 180 Å². The first-order valence-electron chi connectivity index (χ1n) is 10.0. The summed E-state index contributed by atoms with van der Waals surface area (Å²) in [7, 11) is 0. The molecule has 0 fully saturated rings. The zero-order valence-electron chi connectivity index (χ0n) is 17.2. The molecular formula is C23H24N4O4. The molecule has 0 aliphatic rings. The maximum Gasteiger partial charge on any atom is 0.273 e. The first-order chi connectivity index (χ1) is 15.0. The van der Waals surface area contributed by atoms with E-state index in [0.29, 0.717) is 17.9 Å². The molecule has 3 N–H and O–H groups in total. The number of hydrogen-bond acceptors (Lipinski definition) is 5. The monoisotopic (exact) mass is 420 g/mol. The van der Waals surface area contributed by atoms with Gasteiger partial charge in [-0.15, -0.1) is 0 Å². The van der Waals surface area contributed by atoms with Crippen LogP contribution in [0.25, 0.3) is 11.3 Å². The highest BCUT2D eigenvalue weighted by Gasteiger charge is 2.14. The summed E-state index contributed by atoms with van der Waals surface area (Å²) in [5.41, 5.74) is 2.42. The Morgan fingerprint density at radius 3 is 2.52 bits per heavy atom. The number of benzene rings is 2. The van der Waals surface area contributed by atoms with Gasteiger partial charge in [0, 0.05) is 30.3 Å². The Morgan fingerprint density at radius 1 is 0.935 bits per heavy atom. The van der Waals surface area contributed by atoms with E-state index >= 15 is 0 Å². The maximum absolute atomic E-state index is 12.2. The molecule has 0 saturated heterocycles. The molecule has 8 nitrogen and oxygen atoms in total. The molecule has 1 heterocycles. The van der Waals surface area contributed by atoms with Crippen molar-refractivity contribution < 1.29 is 18.9 Å². The average Bonchev–Trinajstić information content (AvgIpc) is 3.27. The van der Waals surface area contributed by atoms with E-state index in [2.05, 4.69) is 21.1 Å². The molecule has 0 aliphatic carbocycles. The summed E-state index contributed by atoms with van der Waals surface area (Å²) in [6, 6.07) is 18.1. The van der Waals surface area contributed by atoms with Crippen LogP contribution in [0, 0.1) is 0 Å². The minimum Gasteiger partial charge on any atom is -0.355 e. The van der Waals surface area contributed by atoms with Gasteiger partial charge in [0.1, 0.15) is 0 Å². The van der Waals surface area contributed by atoms with Crippen molar-refractivity contribution in [1.82, 2.24) is 15.8 Å². The highest BCUT2D eigenvalue weighted by molar-refractivity contribution is 5.95. The lowest BCUT2D eigenvalue weighted by Gasteiger charge is -2.09. The molecule has 1 aromatic heterocycles. The van der Waals surface area contributed by atoms with Crippen molar-refractivity contribution in [2.24, 2.45) is 0 Å². The van der Waals surface area contributed by atoms with Gasteiger partial charge in [0.25, 0.3) is 5.91 Å². The van der Waals surface area contributed by atoms with Crippen molar-refractivity contribution in [1.29, 1.82) is 0 Å². The van der Waals surface area contributed by atoms with Crippen LogP contribution in [-0.4, -0.2) is 29.4 Å². The summed E-state index contributed by atoms with van der Waals surface area (Å²) in [6.07, 6.45) is 1.23. The first kappa shape index (κ1) is 21.8. The number of anilines is 1. The van der Waals surface area contributed by atoms with Gasteiger partial charge in [0.05, 0.1) is 6.54 Å². The van der Waals surface area contributed by atoms with Gasteiger partial charge in [0.15, 0.2) is 11.5 Å². The van der Waals surface area contributed by atoms with Crippen LogP contribution in [0.5, 0.6) is 0 Å². The number of hydrogen-bond donors (Lipinski definition) is 3. The topological polar surface area (TPSA) is 113 Å². The van der Waals surface area contributed by atoms with Crippen molar-refractivity contribution in [3.63, 3.8) is 0 Å². The Morgan fingerprint density at radius 2 is 1.74 bits per heavy atom. The van der Waals surface area contributed by atoms with Gasteiger partial charge >= 0.3 is 0 Å². The van der Waals surface area contributed by atoms with Gasteiger partial charge in [0.2, 0.25) is 11.8 Å². The summed E-state index contributed by atoms with van der Waals surface area (Å²) in [4.78, 5) is 36.0. The molecule has 0 spiro atoms. The zero-order chi connectivity index (χ0) is 22.1. The SMILES string of the molecule is CCCC(=O)Nc1cccc(CNC(=O)CNC(=O)c2cc(-c3ccccc3)on2)c1. The van der Waals surface area contributed by atoms with Crippen molar-refractivity contribution in [2.45, 2.75) is 26.3 Å².